The molecule has 4 heteroatoms. The summed E-state index contributed by atoms with van der Waals surface area (Å²) in [5.41, 5.74) is 0. The Labute approximate surface area is 272 Å². The van der Waals surface area contributed by atoms with Crippen LogP contribution in [-0.4, -0.2) is 23.1 Å². The first-order valence-corrected chi connectivity index (χ1v) is 18.3. The van der Waals surface area contributed by atoms with Crippen LogP contribution in [0.15, 0.2) is 60.8 Å². The third-order valence-corrected chi connectivity index (χ3v) is 7.75. The van der Waals surface area contributed by atoms with E-state index < -0.39 is 5.97 Å². The summed E-state index contributed by atoms with van der Waals surface area (Å²) >= 11 is 0. The average molecular weight is 613 g/mol. The maximum Gasteiger partial charge on any atom is 0.306 e. The molecule has 0 aliphatic rings. The van der Waals surface area contributed by atoms with E-state index >= 15 is 0 Å². The van der Waals surface area contributed by atoms with Gasteiger partial charge in [-0.2, -0.15) is 0 Å². The molecule has 0 aromatic rings. The lowest BCUT2D eigenvalue weighted by atomic mass is 10.0. The van der Waals surface area contributed by atoms with Gasteiger partial charge in [-0.25, -0.2) is 0 Å². The molecule has 0 aromatic heterocycles. The molecule has 252 valence electrons. The van der Waals surface area contributed by atoms with E-state index in [4.69, 9.17) is 9.84 Å². The highest BCUT2D eigenvalue weighted by Crippen LogP contribution is 2.17. The maximum atomic E-state index is 12.4. The predicted molar refractivity (Wildman–Crippen MR) is 190 cm³/mol. The number of hydrogen-bond acceptors (Lipinski definition) is 3. The van der Waals surface area contributed by atoms with Crippen molar-refractivity contribution in [3.8, 4) is 0 Å². The topological polar surface area (TPSA) is 63.6 Å². The van der Waals surface area contributed by atoms with Gasteiger partial charge in [0.2, 0.25) is 0 Å². The van der Waals surface area contributed by atoms with Gasteiger partial charge in [0.05, 0.1) is 0 Å². The summed E-state index contributed by atoms with van der Waals surface area (Å²) < 4.78 is 5.88. The molecule has 0 spiro atoms. The minimum Gasteiger partial charge on any atom is -0.481 e. The van der Waals surface area contributed by atoms with E-state index in [9.17, 15) is 9.59 Å². The second kappa shape index (κ2) is 35.1. The number of aliphatic carboxylic acids is 1. The van der Waals surface area contributed by atoms with Gasteiger partial charge in [0.25, 0.3) is 0 Å². The molecule has 1 N–H and O–H groups in total. The van der Waals surface area contributed by atoms with E-state index in [2.05, 4.69) is 74.6 Å². The summed E-state index contributed by atoms with van der Waals surface area (Å²) in [4.78, 5) is 23.0. The fourth-order valence-corrected chi connectivity index (χ4v) is 5.08. The highest BCUT2D eigenvalue weighted by atomic mass is 16.5. The Hall–Kier alpha value is -2.36. The first-order chi connectivity index (χ1) is 21.6. The molecule has 0 aliphatic carbocycles. The number of esters is 1. The first-order valence-electron chi connectivity index (χ1n) is 18.3. The molecular weight excluding hydrogens is 544 g/mol. The van der Waals surface area contributed by atoms with Crippen molar-refractivity contribution in [3.63, 3.8) is 0 Å². The molecule has 1 atom stereocenters. The molecule has 4 nitrogen and oxygen atoms in total. The minimum atomic E-state index is -0.688. The highest BCUT2D eigenvalue weighted by Gasteiger charge is 2.13. The van der Waals surface area contributed by atoms with Crippen LogP contribution < -0.4 is 0 Å². The van der Waals surface area contributed by atoms with E-state index in [1.165, 1.54) is 44.9 Å². The molecule has 0 heterocycles. The Bertz CT molecular complexity index is 789. The molecule has 0 saturated carbocycles. The van der Waals surface area contributed by atoms with Crippen LogP contribution in [-0.2, 0) is 14.3 Å². The first kappa shape index (κ1) is 41.6. The molecule has 0 fully saturated rings. The number of carbonyl (C=O) groups excluding carboxylic acids is 1. The van der Waals surface area contributed by atoms with Crippen molar-refractivity contribution in [2.24, 2.45) is 0 Å². The second-order valence-corrected chi connectivity index (χ2v) is 12.0. The van der Waals surface area contributed by atoms with Crippen molar-refractivity contribution in [3.05, 3.63) is 60.8 Å². The number of carbonyl (C=O) groups is 2. The van der Waals surface area contributed by atoms with E-state index in [0.29, 0.717) is 12.8 Å². The van der Waals surface area contributed by atoms with Gasteiger partial charge in [0, 0.05) is 12.8 Å². The Morgan fingerprint density at radius 2 is 0.955 bits per heavy atom. The van der Waals surface area contributed by atoms with E-state index in [0.717, 1.165) is 103 Å². The van der Waals surface area contributed by atoms with Crippen LogP contribution in [0.2, 0.25) is 0 Å². The maximum absolute atomic E-state index is 12.4. The summed E-state index contributed by atoms with van der Waals surface area (Å²) in [6, 6.07) is 0. The number of hydrogen-bond donors (Lipinski definition) is 1. The lowest BCUT2D eigenvalue weighted by molar-refractivity contribution is -0.150. The zero-order valence-corrected chi connectivity index (χ0v) is 28.7. The molecule has 0 radical (unpaired) electrons. The number of unbranched alkanes of at least 4 members (excludes halogenated alkanes) is 13. The molecule has 44 heavy (non-hydrogen) atoms. The average Bonchev–Trinajstić information content (AvgIpc) is 3.01. The lowest BCUT2D eigenvalue weighted by Gasteiger charge is -2.18. The molecule has 1 unspecified atom stereocenters. The Kier molecular flexibility index (Phi) is 33.2. The summed E-state index contributed by atoms with van der Waals surface area (Å²) in [5.74, 6) is -0.696. The largest absolute Gasteiger partial charge is 0.481 e. The van der Waals surface area contributed by atoms with Crippen molar-refractivity contribution in [2.45, 2.75) is 180 Å². The Morgan fingerprint density at radius 3 is 1.48 bits per heavy atom. The zero-order chi connectivity index (χ0) is 32.2. The normalized spacial score (nSPS) is 13.0. The monoisotopic (exact) mass is 613 g/mol. The summed E-state index contributed by atoms with van der Waals surface area (Å²) in [6.07, 6.45) is 48.5. The lowest BCUT2D eigenvalue weighted by Crippen LogP contribution is -2.18. The summed E-state index contributed by atoms with van der Waals surface area (Å²) in [7, 11) is 0. The quantitative estimate of drug-likeness (QED) is 0.0466. The summed E-state index contributed by atoms with van der Waals surface area (Å²) in [5, 5.41) is 8.69. The predicted octanol–water partition coefficient (Wildman–Crippen LogP) is 12.6. The Morgan fingerprint density at radius 1 is 0.523 bits per heavy atom. The van der Waals surface area contributed by atoms with Gasteiger partial charge >= 0.3 is 11.9 Å². The fourth-order valence-electron chi connectivity index (χ4n) is 5.08. The fraction of sp³-hybridized carbons (Fsp3) is 0.700. The van der Waals surface area contributed by atoms with Crippen LogP contribution in [0.1, 0.15) is 174 Å². The van der Waals surface area contributed by atoms with E-state index in [1.807, 2.05) is 0 Å². The van der Waals surface area contributed by atoms with Crippen molar-refractivity contribution in [1.82, 2.24) is 0 Å². The van der Waals surface area contributed by atoms with Crippen LogP contribution in [0.4, 0.5) is 0 Å². The molecule has 0 bridgehead atoms. The highest BCUT2D eigenvalue weighted by molar-refractivity contribution is 5.69. The van der Waals surface area contributed by atoms with Crippen LogP contribution in [0.3, 0.4) is 0 Å². The van der Waals surface area contributed by atoms with Crippen LogP contribution in [0.5, 0.6) is 0 Å². The number of allylic oxidation sites excluding steroid dienone is 10. The standard InChI is InChI=1S/C40H68O4/c1-3-5-7-8-9-10-11-12-13-14-15-16-17-18-19-20-21-22-27-30-33-37-40(43)44-38(34-6-4-2)35-31-28-25-23-24-26-29-32-36-39(41)42/h5,7,9-10,12-13,15-16,18-19,38H,3-4,6,8,11,14,17,20-37H2,1-2H3,(H,41,42)/b7-5-,10-9-,13-12-,16-15-,19-18-. The molecule has 0 amide bonds. The van der Waals surface area contributed by atoms with Crippen LogP contribution >= 0.6 is 0 Å². The van der Waals surface area contributed by atoms with Crippen molar-refractivity contribution in [2.75, 3.05) is 0 Å². The zero-order valence-electron chi connectivity index (χ0n) is 28.7. The minimum absolute atomic E-state index is 0.00811. The van der Waals surface area contributed by atoms with Gasteiger partial charge in [-0.1, -0.05) is 145 Å². The van der Waals surface area contributed by atoms with Gasteiger partial charge in [0.1, 0.15) is 6.10 Å². The Balaban J connectivity index is 3.73. The van der Waals surface area contributed by atoms with Crippen molar-refractivity contribution >= 4 is 11.9 Å². The van der Waals surface area contributed by atoms with Gasteiger partial charge in [-0.05, 0) is 77.0 Å². The van der Waals surface area contributed by atoms with Gasteiger partial charge in [-0.3, -0.25) is 9.59 Å². The van der Waals surface area contributed by atoms with Gasteiger partial charge < -0.3 is 9.84 Å². The van der Waals surface area contributed by atoms with Crippen LogP contribution in [0.25, 0.3) is 0 Å². The smallest absolute Gasteiger partial charge is 0.306 e. The van der Waals surface area contributed by atoms with Crippen molar-refractivity contribution in [1.29, 1.82) is 0 Å². The number of rotatable bonds is 32. The molecule has 0 saturated heterocycles. The number of carboxylic acid groups (broad SMARTS) is 1. The van der Waals surface area contributed by atoms with Crippen LogP contribution in [0, 0.1) is 0 Å². The van der Waals surface area contributed by atoms with Gasteiger partial charge in [-0.15, -0.1) is 0 Å². The number of ether oxygens (including phenoxy) is 1. The number of carboxylic acids is 1. The van der Waals surface area contributed by atoms with E-state index in [-0.39, 0.29) is 12.1 Å². The van der Waals surface area contributed by atoms with E-state index in [1.54, 1.807) is 0 Å². The third-order valence-electron chi connectivity index (χ3n) is 7.75. The summed E-state index contributed by atoms with van der Waals surface area (Å²) in [6.45, 7) is 4.35. The second-order valence-electron chi connectivity index (χ2n) is 12.0. The molecule has 0 aliphatic heterocycles. The molecule has 0 rings (SSSR count). The third kappa shape index (κ3) is 34.1. The van der Waals surface area contributed by atoms with Crippen molar-refractivity contribution < 1.29 is 19.4 Å². The molecule has 0 aromatic carbocycles. The SMILES string of the molecule is CC/C=C\C/C=C\C/C=C\C/C=C\C/C=C\CCCCCCCC(=O)OC(CCCC)CCCCCCCCCCC(=O)O. The van der Waals surface area contributed by atoms with Gasteiger partial charge in [0.15, 0.2) is 0 Å². The molecular formula is C40H68O4.